The number of carbonyl (C=O) groups is 2. The van der Waals surface area contributed by atoms with Crippen molar-refractivity contribution in [3.05, 3.63) is 0 Å². The van der Waals surface area contributed by atoms with Crippen LogP contribution in [0.15, 0.2) is 0 Å². The first-order chi connectivity index (χ1) is 7.06. The molecule has 1 aliphatic rings. The zero-order chi connectivity index (χ0) is 11.4. The highest BCUT2D eigenvalue weighted by Crippen LogP contribution is 2.28. The van der Waals surface area contributed by atoms with Gasteiger partial charge in [-0.3, -0.25) is 9.59 Å². The lowest BCUT2D eigenvalue weighted by Crippen LogP contribution is -2.38. The van der Waals surface area contributed by atoms with Crippen molar-refractivity contribution >= 4 is 11.9 Å². The SMILES string of the molecule is CCC(C)C(=O)N(CCC(=O)O)C1CC1. The third-order valence-corrected chi connectivity index (χ3v) is 2.87. The fourth-order valence-corrected chi connectivity index (χ4v) is 1.53. The lowest BCUT2D eigenvalue weighted by molar-refractivity contribution is -0.139. The first kappa shape index (κ1) is 12.0. The van der Waals surface area contributed by atoms with E-state index in [0.29, 0.717) is 12.6 Å². The summed E-state index contributed by atoms with van der Waals surface area (Å²) in [4.78, 5) is 24.1. The Kier molecular flexibility index (Phi) is 4.12. The second kappa shape index (κ2) is 5.14. The summed E-state index contributed by atoms with van der Waals surface area (Å²) in [7, 11) is 0. The zero-order valence-corrected chi connectivity index (χ0v) is 9.40. The van der Waals surface area contributed by atoms with Crippen LogP contribution in [0.2, 0.25) is 0 Å². The van der Waals surface area contributed by atoms with Gasteiger partial charge in [-0.25, -0.2) is 0 Å². The summed E-state index contributed by atoms with van der Waals surface area (Å²) in [6, 6.07) is 0.311. The van der Waals surface area contributed by atoms with E-state index in [4.69, 9.17) is 5.11 Å². The fourth-order valence-electron chi connectivity index (χ4n) is 1.53. The molecule has 0 heterocycles. The monoisotopic (exact) mass is 213 g/mol. The molecule has 0 aromatic heterocycles. The van der Waals surface area contributed by atoms with Crippen LogP contribution in [0.5, 0.6) is 0 Å². The van der Waals surface area contributed by atoms with Gasteiger partial charge in [-0.15, -0.1) is 0 Å². The van der Waals surface area contributed by atoms with Gasteiger partial charge in [-0.1, -0.05) is 13.8 Å². The number of hydrogen-bond acceptors (Lipinski definition) is 2. The second-order valence-electron chi connectivity index (χ2n) is 4.22. The normalized spacial score (nSPS) is 17.2. The van der Waals surface area contributed by atoms with Gasteiger partial charge in [0, 0.05) is 18.5 Å². The highest BCUT2D eigenvalue weighted by molar-refractivity contribution is 5.79. The molecule has 0 spiro atoms. The molecule has 1 atom stereocenters. The van der Waals surface area contributed by atoms with Crippen LogP contribution in [0.3, 0.4) is 0 Å². The number of nitrogens with zero attached hydrogens (tertiary/aromatic N) is 1. The van der Waals surface area contributed by atoms with Gasteiger partial charge in [-0.2, -0.15) is 0 Å². The Bertz CT molecular complexity index is 248. The third kappa shape index (κ3) is 3.53. The van der Waals surface area contributed by atoms with Crippen LogP contribution < -0.4 is 0 Å². The van der Waals surface area contributed by atoms with Gasteiger partial charge in [0.05, 0.1) is 6.42 Å². The molecule has 1 rings (SSSR count). The van der Waals surface area contributed by atoms with E-state index in [1.54, 1.807) is 4.90 Å². The van der Waals surface area contributed by atoms with E-state index < -0.39 is 5.97 Å². The summed E-state index contributed by atoms with van der Waals surface area (Å²) >= 11 is 0. The van der Waals surface area contributed by atoms with E-state index in [0.717, 1.165) is 19.3 Å². The average Bonchev–Trinajstić information content (AvgIpc) is 3.00. The van der Waals surface area contributed by atoms with Crippen molar-refractivity contribution in [1.29, 1.82) is 0 Å². The molecule has 4 heteroatoms. The summed E-state index contributed by atoms with van der Waals surface area (Å²) in [5.41, 5.74) is 0. The molecule has 0 saturated heterocycles. The van der Waals surface area contributed by atoms with Gasteiger partial charge < -0.3 is 10.0 Å². The van der Waals surface area contributed by atoms with Gasteiger partial charge in [0.1, 0.15) is 0 Å². The highest BCUT2D eigenvalue weighted by atomic mass is 16.4. The molecular formula is C11H19NO3. The first-order valence-electron chi connectivity index (χ1n) is 5.58. The summed E-state index contributed by atoms with van der Waals surface area (Å²) in [6.45, 7) is 4.24. The Morgan fingerprint density at radius 3 is 2.47 bits per heavy atom. The summed E-state index contributed by atoms with van der Waals surface area (Å²) in [5, 5.41) is 8.60. The number of amides is 1. The Morgan fingerprint density at radius 2 is 2.07 bits per heavy atom. The smallest absolute Gasteiger partial charge is 0.305 e. The molecule has 1 aliphatic carbocycles. The number of carboxylic acid groups (broad SMARTS) is 1. The van der Waals surface area contributed by atoms with E-state index in [2.05, 4.69) is 0 Å². The Morgan fingerprint density at radius 1 is 1.47 bits per heavy atom. The maximum Gasteiger partial charge on any atom is 0.305 e. The number of carboxylic acids is 1. The zero-order valence-electron chi connectivity index (χ0n) is 9.40. The Labute approximate surface area is 90.3 Å². The molecule has 15 heavy (non-hydrogen) atoms. The topological polar surface area (TPSA) is 57.6 Å². The first-order valence-corrected chi connectivity index (χ1v) is 5.58. The number of hydrogen-bond donors (Lipinski definition) is 1. The van der Waals surface area contributed by atoms with E-state index in [1.165, 1.54) is 0 Å². The van der Waals surface area contributed by atoms with E-state index in [1.807, 2.05) is 13.8 Å². The lowest BCUT2D eigenvalue weighted by atomic mass is 10.1. The second-order valence-corrected chi connectivity index (χ2v) is 4.22. The molecule has 1 fully saturated rings. The molecule has 86 valence electrons. The largest absolute Gasteiger partial charge is 0.481 e. The number of carbonyl (C=O) groups excluding carboxylic acids is 1. The van der Waals surface area contributed by atoms with Gasteiger partial charge in [0.15, 0.2) is 0 Å². The van der Waals surface area contributed by atoms with Crippen molar-refractivity contribution in [2.75, 3.05) is 6.54 Å². The van der Waals surface area contributed by atoms with Crippen molar-refractivity contribution in [2.45, 2.75) is 45.6 Å². The van der Waals surface area contributed by atoms with Crippen molar-refractivity contribution in [3.63, 3.8) is 0 Å². The minimum absolute atomic E-state index is 0.0133. The predicted octanol–water partition coefficient (Wildman–Crippen LogP) is 1.50. The summed E-state index contributed by atoms with van der Waals surface area (Å²) in [6.07, 6.45) is 2.93. The molecule has 1 unspecified atom stereocenters. The quantitative estimate of drug-likeness (QED) is 0.727. The van der Waals surface area contributed by atoms with Crippen LogP contribution in [0, 0.1) is 5.92 Å². The molecule has 0 radical (unpaired) electrons. The minimum Gasteiger partial charge on any atom is -0.481 e. The molecule has 0 aromatic rings. The maximum atomic E-state index is 11.9. The minimum atomic E-state index is -0.836. The standard InChI is InChI=1S/C11H19NO3/c1-3-8(2)11(15)12(9-4-5-9)7-6-10(13)14/h8-9H,3-7H2,1-2H3,(H,13,14). The highest BCUT2D eigenvalue weighted by Gasteiger charge is 2.33. The van der Waals surface area contributed by atoms with Crippen LogP contribution in [0.4, 0.5) is 0 Å². The van der Waals surface area contributed by atoms with Crippen molar-refractivity contribution < 1.29 is 14.7 Å². The molecular weight excluding hydrogens is 194 g/mol. The number of rotatable bonds is 6. The van der Waals surface area contributed by atoms with Crippen molar-refractivity contribution in [3.8, 4) is 0 Å². The third-order valence-electron chi connectivity index (χ3n) is 2.87. The van der Waals surface area contributed by atoms with E-state index in [-0.39, 0.29) is 18.2 Å². The van der Waals surface area contributed by atoms with Crippen LogP contribution in [0.1, 0.15) is 39.5 Å². The number of aliphatic carboxylic acids is 1. The molecule has 0 aliphatic heterocycles. The fraction of sp³-hybridized carbons (Fsp3) is 0.818. The average molecular weight is 213 g/mol. The van der Waals surface area contributed by atoms with Crippen molar-refractivity contribution in [2.24, 2.45) is 5.92 Å². The van der Waals surface area contributed by atoms with Crippen LogP contribution in [0.25, 0.3) is 0 Å². The summed E-state index contributed by atoms with van der Waals surface area (Å²) in [5.74, 6) is -0.710. The predicted molar refractivity (Wildman–Crippen MR) is 56.4 cm³/mol. The molecule has 1 N–H and O–H groups in total. The van der Waals surface area contributed by atoms with E-state index >= 15 is 0 Å². The lowest BCUT2D eigenvalue weighted by Gasteiger charge is -2.24. The van der Waals surface area contributed by atoms with Crippen molar-refractivity contribution in [1.82, 2.24) is 4.90 Å². The molecule has 0 bridgehead atoms. The van der Waals surface area contributed by atoms with Gasteiger partial charge in [-0.05, 0) is 19.3 Å². The molecule has 1 saturated carbocycles. The van der Waals surface area contributed by atoms with Gasteiger partial charge >= 0.3 is 5.97 Å². The maximum absolute atomic E-state index is 11.9. The van der Waals surface area contributed by atoms with Crippen LogP contribution in [-0.4, -0.2) is 34.5 Å². The van der Waals surface area contributed by atoms with Gasteiger partial charge in [0.25, 0.3) is 0 Å². The Hall–Kier alpha value is -1.06. The summed E-state index contributed by atoms with van der Waals surface area (Å²) < 4.78 is 0. The van der Waals surface area contributed by atoms with Crippen LogP contribution in [-0.2, 0) is 9.59 Å². The van der Waals surface area contributed by atoms with E-state index in [9.17, 15) is 9.59 Å². The molecule has 4 nitrogen and oxygen atoms in total. The molecule has 0 aromatic carbocycles. The molecule has 1 amide bonds. The van der Waals surface area contributed by atoms with Crippen LogP contribution >= 0.6 is 0 Å². The Balaban J connectivity index is 2.49. The van der Waals surface area contributed by atoms with Gasteiger partial charge in [0.2, 0.25) is 5.91 Å².